The van der Waals surface area contributed by atoms with Gasteiger partial charge in [0.2, 0.25) is 5.91 Å². The second-order valence-corrected chi connectivity index (χ2v) is 7.44. The van der Waals surface area contributed by atoms with Gasteiger partial charge in [0.25, 0.3) is 5.91 Å². The van der Waals surface area contributed by atoms with Gasteiger partial charge in [-0.25, -0.2) is 0 Å². The summed E-state index contributed by atoms with van der Waals surface area (Å²) in [6, 6.07) is 7.25. The summed E-state index contributed by atoms with van der Waals surface area (Å²) in [5, 5.41) is 3.74. The minimum Gasteiger partial charge on any atom is -0.352 e. The number of nitrogens with zero attached hydrogens (tertiary/aromatic N) is 2. The van der Waals surface area contributed by atoms with Crippen molar-refractivity contribution in [2.75, 3.05) is 26.2 Å². The molecule has 6 heteroatoms. The van der Waals surface area contributed by atoms with Crippen molar-refractivity contribution in [3.63, 3.8) is 0 Å². The molecule has 1 aromatic carbocycles. The van der Waals surface area contributed by atoms with Crippen molar-refractivity contribution >= 4 is 23.4 Å². The summed E-state index contributed by atoms with van der Waals surface area (Å²) < 4.78 is 0. The van der Waals surface area contributed by atoms with Crippen molar-refractivity contribution in [2.24, 2.45) is 0 Å². The largest absolute Gasteiger partial charge is 0.352 e. The average Bonchev–Trinajstić information content (AvgIpc) is 3.13. The van der Waals surface area contributed by atoms with Crippen LogP contribution in [0.15, 0.2) is 24.3 Å². The molecule has 1 atom stereocenters. The highest BCUT2D eigenvalue weighted by Gasteiger charge is 2.29. The van der Waals surface area contributed by atoms with Crippen molar-refractivity contribution in [2.45, 2.75) is 44.7 Å². The van der Waals surface area contributed by atoms with Gasteiger partial charge in [-0.1, -0.05) is 30.5 Å². The molecule has 2 amide bonds. The summed E-state index contributed by atoms with van der Waals surface area (Å²) in [7, 11) is 0. The second-order valence-electron chi connectivity index (χ2n) is 7.00. The maximum absolute atomic E-state index is 12.6. The molecule has 3 rings (SSSR count). The van der Waals surface area contributed by atoms with E-state index in [4.69, 9.17) is 11.6 Å². The van der Waals surface area contributed by atoms with Gasteiger partial charge in [0.1, 0.15) is 0 Å². The lowest BCUT2D eigenvalue weighted by atomic mass is 10.1. The first-order chi connectivity index (χ1) is 12.0. The van der Waals surface area contributed by atoms with Gasteiger partial charge in [-0.05, 0) is 38.0 Å². The Morgan fingerprint density at radius 1 is 1.16 bits per heavy atom. The third-order valence-electron chi connectivity index (χ3n) is 5.30. The van der Waals surface area contributed by atoms with E-state index in [0.29, 0.717) is 42.8 Å². The van der Waals surface area contributed by atoms with Crippen molar-refractivity contribution < 1.29 is 9.59 Å². The van der Waals surface area contributed by atoms with Crippen LogP contribution in [-0.4, -0.2) is 59.9 Å². The van der Waals surface area contributed by atoms with E-state index in [1.807, 2.05) is 11.8 Å². The Morgan fingerprint density at radius 3 is 2.48 bits per heavy atom. The smallest absolute Gasteiger partial charge is 0.253 e. The Bertz CT molecular complexity index is 623. The summed E-state index contributed by atoms with van der Waals surface area (Å²) in [6.07, 6.45) is 4.62. The lowest BCUT2D eigenvalue weighted by Crippen LogP contribution is -2.55. The van der Waals surface area contributed by atoms with Crippen molar-refractivity contribution in [1.82, 2.24) is 15.1 Å². The fourth-order valence-electron chi connectivity index (χ4n) is 3.67. The summed E-state index contributed by atoms with van der Waals surface area (Å²) >= 11 is 5.97. The van der Waals surface area contributed by atoms with Crippen molar-refractivity contribution in [3.05, 3.63) is 34.9 Å². The fourth-order valence-corrected chi connectivity index (χ4v) is 3.86. The number of hydrogen-bond donors (Lipinski definition) is 1. The predicted molar refractivity (Wildman–Crippen MR) is 98.8 cm³/mol. The molecule has 1 unspecified atom stereocenters. The molecule has 2 fully saturated rings. The molecule has 1 aliphatic carbocycles. The highest BCUT2D eigenvalue weighted by atomic mass is 35.5. The lowest BCUT2D eigenvalue weighted by Gasteiger charge is -2.37. The molecule has 0 bridgehead atoms. The molecule has 1 saturated heterocycles. The number of halogens is 1. The number of piperazine rings is 1. The molecule has 136 valence electrons. The Morgan fingerprint density at radius 2 is 1.84 bits per heavy atom. The molecule has 25 heavy (non-hydrogen) atoms. The first kappa shape index (κ1) is 18.2. The van der Waals surface area contributed by atoms with Gasteiger partial charge in [0, 0.05) is 42.8 Å². The number of carbonyl (C=O) groups is 2. The lowest BCUT2D eigenvalue weighted by molar-refractivity contribution is -0.127. The van der Waals surface area contributed by atoms with E-state index >= 15 is 0 Å². The Labute approximate surface area is 154 Å². The molecule has 0 spiro atoms. The van der Waals surface area contributed by atoms with Crippen molar-refractivity contribution in [3.8, 4) is 0 Å². The van der Waals surface area contributed by atoms with Crippen LogP contribution < -0.4 is 5.32 Å². The highest BCUT2D eigenvalue weighted by molar-refractivity contribution is 6.30. The molecule has 1 aliphatic heterocycles. The minimum atomic E-state index is -0.149. The zero-order valence-electron chi connectivity index (χ0n) is 14.7. The molecule has 5 nitrogen and oxygen atoms in total. The van der Waals surface area contributed by atoms with Gasteiger partial charge in [0.05, 0.1) is 6.04 Å². The normalized spacial score (nSPS) is 20.5. The number of benzene rings is 1. The molecule has 1 N–H and O–H groups in total. The number of nitrogens with one attached hydrogen (secondary N) is 1. The Kier molecular flexibility index (Phi) is 5.97. The average molecular weight is 364 g/mol. The maximum Gasteiger partial charge on any atom is 0.253 e. The van der Waals surface area contributed by atoms with Gasteiger partial charge in [-0.15, -0.1) is 0 Å². The van der Waals surface area contributed by atoms with E-state index in [9.17, 15) is 9.59 Å². The van der Waals surface area contributed by atoms with E-state index in [0.717, 1.165) is 12.8 Å². The standard InChI is InChI=1S/C19H26ClN3O2/c1-14(18(24)21-17-7-2-3-8-17)22-9-11-23(12-10-22)19(25)15-5-4-6-16(20)13-15/h4-6,13-14,17H,2-3,7-12H2,1H3,(H,21,24). The summed E-state index contributed by atoms with van der Waals surface area (Å²) in [6.45, 7) is 4.65. The van der Waals surface area contributed by atoms with Gasteiger partial charge >= 0.3 is 0 Å². The SMILES string of the molecule is CC(C(=O)NC1CCCC1)N1CCN(C(=O)c2cccc(Cl)c2)CC1. The molecule has 2 aliphatic rings. The molecule has 0 aromatic heterocycles. The van der Waals surface area contributed by atoms with Gasteiger partial charge in [0.15, 0.2) is 0 Å². The van der Waals surface area contributed by atoms with Crippen LogP contribution in [0.25, 0.3) is 0 Å². The topological polar surface area (TPSA) is 52.7 Å². The maximum atomic E-state index is 12.6. The van der Waals surface area contributed by atoms with E-state index in [1.165, 1.54) is 12.8 Å². The van der Waals surface area contributed by atoms with E-state index in [1.54, 1.807) is 24.3 Å². The first-order valence-corrected chi connectivity index (χ1v) is 9.51. The van der Waals surface area contributed by atoms with Gasteiger partial charge < -0.3 is 10.2 Å². The van der Waals surface area contributed by atoms with Crippen LogP contribution in [0.5, 0.6) is 0 Å². The summed E-state index contributed by atoms with van der Waals surface area (Å²) in [5.74, 6) is 0.117. The molecule has 0 radical (unpaired) electrons. The second kappa shape index (κ2) is 8.19. The number of carbonyl (C=O) groups excluding carboxylic acids is 2. The molecular formula is C19H26ClN3O2. The monoisotopic (exact) mass is 363 g/mol. The highest BCUT2D eigenvalue weighted by Crippen LogP contribution is 2.18. The third-order valence-corrected chi connectivity index (χ3v) is 5.54. The number of hydrogen-bond acceptors (Lipinski definition) is 3. The van der Waals surface area contributed by atoms with E-state index in [-0.39, 0.29) is 17.9 Å². The first-order valence-electron chi connectivity index (χ1n) is 9.14. The Balaban J connectivity index is 1.50. The zero-order valence-corrected chi connectivity index (χ0v) is 15.5. The van der Waals surface area contributed by atoms with Crippen LogP contribution in [0, 0.1) is 0 Å². The summed E-state index contributed by atoms with van der Waals surface area (Å²) in [4.78, 5) is 29.0. The molecule has 1 aromatic rings. The van der Waals surface area contributed by atoms with Crippen LogP contribution in [0.2, 0.25) is 5.02 Å². The van der Waals surface area contributed by atoms with Crippen LogP contribution in [-0.2, 0) is 4.79 Å². The number of amides is 2. The molecule has 1 heterocycles. The molecule has 1 saturated carbocycles. The van der Waals surface area contributed by atoms with Gasteiger partial charge in [-0.3, -0.25) is 14.5 Å². The van der Waals surface area contributed by atoms with Gasteiger partial charge in [-0.2, -0.15) is 0 Å². The molecular weight excluding hydrogens is 338 g/mol. The van der Waals surface area contributed by atoms with E-state index in [2.05, 4.69) is 10.2 Å². The van der Waals surface area contributed by atoms with Crippen LogP contribution in [0.4, 0.5) is 0 Å². The minimum absolute atomic E-state index is 0.00482. The van der Waals surface area contributed by atoms with Crippen molar-refractivity contribution in [1.29, 1.82) is 0 Å². The van der Waals surface area contributed by atoms with E-state index < -0.39 is 0 Å². The van der Waals surface area contributed by atoms with Crippen LogP contribution in [0.1, 0.15) is 43.0 Å². The summed E-state index contributed by atoms with van der Waals surface area (Å²) in [5.41, 5.74) is 0.618. The zero-order chi connectivity index (χ0) is 17.8. The Hall–Kier alpha value is -1.59. The number of rotatable bonds is 4. The van der Waals surface area contributed by atoms with Crippen LogP contribution >= 0.6 is 11.6 Å². The van der Waals surface area contributed by atoms with Crippen LogP contribution in [0.3, 0.4) is 0 Å². The third kappa shape index (κ3) is 4.53. The predicted octanol–water partition coefficient (Wildman–Crippen LogP) is 2.55. The quantitative estimate of drug-likeness (QED) is 0.894. The fraction of sp³-hybridized carbons (Fsp3) is 0.579.